The second kappa shape index (κ2) is 5.25. The van der Waals surface area contributed by atoms with Crippen LogP contribution in [0, 0.1) is 11.6 Å². The third-order valence-electron chi connectivity index (χ3n) is 3.25. The van der Waals surface area contributed by atoms with Gasteiger partial charge < -0.3 is 0 Å². The molecule has 3 aromatic rings. The van der Waals surface area contributed by atoms with Gasteiger partial charge in [0.2, 0.25) is 0 Å². The van der Waals surface area contributed by atoms with E-state index in [0.29, 0.717) is 11.1 Å². The molecule has 0 saturated carbocycles. The Bertz CT molecular complexity index is 655. The molecule has 0 radical (unpaired) electrons. The molecule has 0 atom stereocenters. The van der Waals surface area contributed by atoms with Crippen molar-refractivity contribution in [3.8, 4) is 22.3 Å². The lowest BCUT2D eigenvalue weighted by Gasteiger charge is -2.09. The minimum Gasteiger partial charge on any atom is -0.203 e. The van der Waals surface area contributed by atoms with Crippen molar-refractivity contribution in [2.24, 2.45) is 0 Å². The third kappa shape index (κ3) is 2.21. The van der Waals surface area contributed by atoms with Crippen LogP contribution in [0.15, 0.2) is 72.8 Å². The number of rotatable bonds is 2. The maximum Gasteiger partial charge on any atom is 0.167 e. The third-order valence-corrected chi connectivity index (χ3v) is 3.25. The number of hydrogen-bond donors (Lipinski definition) is 0. The molecule has 20 heavy (non-hydrogen) atoms. The van der Waals surface area contributed by atoms with Gasteiger partial charge in [0.25, 0.3) is 0 Å². The summed E-state index contributed by atoms with van der Waals surface area (Å²) in [6.45, 7) is 0. The molecule has 2 heteroatoms. The van der Waals surface area contributed by atoms with Crippen molar-refractivity contribution in [2.45, 2.75) is 0 Å². The second-order valence-electron chi connectivity index (χ2n) is 4.52. The zero-order chi connectivity index (χ0) is 13.9. The Balaban J connectivity index is 2.13. The molecule has 0 aliphatic carbocycles. The van der Waals surface area contributed by atoms with Gasteiger partial charge in [-0.25, -0.2) is 8.78 Å². The molecule has 0 spiro atoms. The van der Waals surface area contributed by atoms with Crippen LogP contribution in [0.2, 0.25) is 0 Å². The summed E-state index contributed by atoms with van der Waals surface area (Å²) in [6, 6.07) is 21.2. The Hall–Kier alpha value is -2.48. The molecule has 0 aromatic heterocycles. The lowest BCUT2D eigenvalue weighted by atomic mass is 9.99. The highest BCUT2D eigenvalue weighted by Crippen LogP contribution is 2.31. The summed E-state index contributed by atoms with van der Waals surface area (Å²) in [5.41, 5.74) is 1.90. The van der Waals surface area contributed by atoms with Crippen LogP contribution in [0.4, 0.5) is 8.78 Å². The van der Waals surface area contributed by atoms with E-state index in [2.05, 4.69) is 0 Å². The Labute approximate surface area is 116 Å². The highest BCUT2D eigenvalue weighted by molar-refractivity contribution is 5.71. The zero-order valence-electron chi connectivity index (χ0n) is 10.7. The van der Waals surface area contributed by atoms with E-state index in [1.54, 1.807) is 60.7 Å². The van der Waals surface area contributed by atoms with Gasteiger partial charge in [0.1, 0.15) is 0 Å². The summed E-state index contributed by atoms with van der Waals surface area (Å²) in [5.74, 6) is -1.62. The minimum atomic E-state index is -0.808. The van der Waals surface area contributed by atoms with Crippen molar-refractivity contribution in [1.82, 2.24) is 0 Å². The van der Waals surface area contributed by atoms with Crippen LogP contribution in [-0.2, 0) is 0 Å². The smallest absolute Gasteiger partial charge is 0.167 e. The molecule has 3 rings (SSSR count). The maximum absolute atomic E-state index is 14.3. The van der Waals surface area contributed by atoms with Gasteiger partial charge in [-0.05, 0) is 11.1 Å². The largest absolute Gasteiger partial charge is 0.203 e. The number of halogens is 2. The van der Waals surface area contributed by atoms with Crippen LogP contribution >= 0.6 is 0 Å². The summed E-state index contributed by atoms with van der Waals surface area (Å²) >= 11 is 0. The Kier molecular flexibility index (Phi) is 3.30. The minimum absolute atomic E-state index is 0.280. The van der Waals surface area contributed by atoms with E-state index in [1.807, 2.05) is 12.1 Å². The van der Waals surface area contributed by atoms with Crippen molar-refractivity contribution in [1.29, 1.82) is 0 Å². The van der Waals surface area contributed by atoms with Crippen molar-refractivity contribution in [2.75, 3.05) is 0 Å². The standard InChI is InChI=1S/C18H12F2/c19-17-15(13-7-3-1-4-8-13)11-12-16(18(17)20)14-9-5-2-6-10-14/h1-12H. The van der Waals surface area contributed by atoms with E-state index >= 15 is 0 Å². The molecule has 0 fully saturated rings. The summed E-state index contributed by atoms with van der Waals surface area (Å²) < 4.78 is 28.5. The van der Waals surface area contributed by atoms with Crippen LogP contribution < -0.4 is 0 Å². The molecule has 0 nitrogen and oxygen atoms in total. The first kappa shape index (κ1) is 12.5. The molecule has 0 bridgehead atoms. The van der Waals surface area contributed by atoms with E-state index in [9.17, 15) is 8.78 Å². The van der Waals surface area contributed by atoms with Gasteiger partial charge in [0.05, 0.1) is 0 Å². The van der Waals surface area contributed by atoms with Gasteiger partial charge in [-0.15, -0.1) is 0 Å². The molecule has 0 aliphatic rings. The van der Waals surface area contributed by atoms with Crippen molar-refractivity contribution in [3.63, 3.8) is 0 Å². The van der Waals surface area contributed by atoms with Gasteiger partial charge in [0.15, 0.2) is 11.6 Å². The SMILES string of the molecule is Fc1c(-c2ccccc2)ccc(-c2ccccc2)c1F. The highest BCUT2D eigenvalue weighted by Gasteiger charge is 2.15. The topological polar surface area (TPSA) is 0 Å². The molecule has 98 valence electrons. The quantitative estimate of drug-likeness (QED) is 0.590. The summed E-state index contributed by atoms with van der Waals surface area (Å²) in [6.07, 6.45) is 0. The lowest BCUT2D eigenvalue weighted by molar-refractivity contribution is 0.514. The van der Waals surface area contributed by atoms with Gasteiger partial charge in [0, 0.05) is 11.1 Å². The van der Waals surface area contributed by atoms with E-state index < -0.39 is 11.6 Å². The first-order valence-corrected chi connectivity index (χ1v) is 6.36. The van der Waals surface area contributed by atoms with Crippen molar-refractivity contribution in [3.05, 3.63) is 84.4 Å². The van der Waals surface area contributed by atoms with Crippen molar-refractivity contribution < 1.29 is 8.78 Å². The zero-order valence-corrected chi connectivity index (χ0v) is 10.7. The summed E-state index contributed by atoms with van der Waals surface area (Å²) in [7, 11) is 0. The fourth-order valence-electron chi connectivity index (χ4n) is 2.23. The van der Waals surface area contributed by atoms with Crippen molar-refractivity contribution >= 4 is 0 Å². The predicted octanol–water partition coefficient (Wildman–Crippen LogP) is 5.30. The highest BCUT2D eigenvalue weighted by atomic mass is 19.2. The van der Waals surface area contributed by atoms with Crippen LogP contribution in [-0.4, -0.2) is 0 Å². The molecule has 0 N–H and O–H groups in total. The average molecular weight is 266 g/mol. The monoisotopic (exact) mass is 266 g/mol. The number of hydrogen-bond acceptors (Lipinski definition) is 0. The van der Waals surface area contributed by atoms with Gasteiger partial charge in [-0.3, -0.25) is 0 Å². The number of benzene rings is 3. The molecular weight excluding hydrogens is 254 g/mol. The fourth-order valence-corrected chi connectivity index (χ4v) is 2.23. The molecular formula is C18H12F2. The molecule has 0 aliphatic heterocycles. The predicted molar refractivity (Wildman–Crippen MR) is 77.2 cm³/mol. The molecule has 3 aromatic carbocycles. The molecule has 0 heterocycles. The summed E-state index contributed by atoms with van der Waals surface area (Å²) in [5, 5.41) is 0. The first-order valence-electron chi connectivity index (χ1n) is 6.36. The van der Waals surface area contributed by atoms with Gasteiger partial charge >= 0.3 is 0 Å². The molecule has 0 saturated heterocycles. The van der Waals surface area contributed by atoms with Crippen LogP contribution in [0.3, 0.4) is 0 Å². The van der Waals surface area contributed by atoms with Crippen LogP contribution in [0.1, 0.15) is 0 Å². The lowest BCUT2D eigenvalue weighted by Crippen LogP contribution is -1.93. The first-order chi connectivity index (χ1) is 9.77. The fraction of sp³-hybridized carbons (Fsp3) is 0. The Morgan fingerprint density at radius 3 is 1.15 bits per heavy atom. The van der Waals surface area contributed by atoms with E-state index in [1.165, 1.54) is 0 Å². The molecule has 0 amide bonds. The molecule has 0 unspecified atom stereocenters. The Morgan fingerprint density at radius 2 is 0.800 bits per heavy atom. The van der Waals surface area contributed by atoms with Gasteiger partial charge in [-0.1, -0.05) is 72.8 Å². The summed E-state index contributed by atoms with van der Waals surface area (Å²) in [4.78, 5) is 0. The second-order valence-corrected chi connectivity index (χ2v) is 4.52. The van der Waals surface area contributed by atoms with Crippen LogP contribution in [0.25, 0.3) is 22.3 Å². The maximum atomic E-state index is 14.3. The van der Waals surface area contributed by atoms with E-state index in [4.69, 9.17) is 0 Å². The van der Waals surface area contributed by atoms with Gasteiger partial charge in [-0.2, -0.15) is 0 Å². The van der Waals surface area contributed by atoms with E-state index in [-0.39, 0.29) is 11.1 Å². The normalized spacial score (nSPS) is 10.5. The van der Waals surface area contributed by atoms with E-state index in [0.717, 1.165) is 0 Å². The van der Waals surface area contributed by atoms with Crippen LogP contribution in [0.5, 0.6) is 0 Å². The average Bonchev–Trinajstić information content (AvgIpc) is 2.52. The Morgan fingerprint density at radius 1 is 0.450 bits per heavy atom.